The summed E-state index contributed by atoms with van der Waals surface area (Å²) in [6.07, 6.45) is 7.26. The van der Waals surface area contributed by atoms with Crippen molar-refractivity contribution in [3.8, 4) is 0 Å². The number of aromatic nitrogens is 4. The first-order chi connectivity index (χ1) is 12.0. The van der Waals surface area contributed by atoms with Gasteiger partial charge in [0.1, 0.15) is 18.4 Å². The molecule has 3 heterocycles. The highest BCUT2D eigenvalue weighted by atomic mass is 35.5. The van der Waals surface area contributed by atoms with Crippen molar-refractivity contribution in [1.82, 2.24) is 19.5 Å². The molecule has 2 aromatic heterocycles. The van der Waals surface area contributed by atoms with Crippen LogP contribution in [0.25, 0.3) is 11.2 Å². The Kier molecular flexibility index (Phi) is 4.39. The van der Waals surface area contributed by atoms with Crippen molar-refractivity contribution in [3.05, 3.63) is 28.9 Å². The van der Waals surface area contributed by atoms with Crippen molar-refractivity contribution in [1.29, 1.82) is 0 Å². The molecular weight excluding hydrogens is 367 g/mol. The molecule has 7 nitrogen and oxygen atoms in total. The van der Waals surface area contributed by atoms with E-state index in [1.54, 1.807) is 6.33 Å². The first-order valence-electron chi connectivity index (χ1n) is 8.04. The van der Waals surface area contributed by atoms with E-state index in [-0.39, 0.29) is 47.2 Å². The molecule has 0 N–H and O–H groups in total. The van der Waals surface area contributed by atoms with Crippen LogP contribution in [0.15, 0.2) is 18.5 Å². The van der Waals surface area contributed by atoms with Crippen molar-refractivity contribution in [2.24, 2.45) is 11.8 Å². The average molecular weight is 383 g/mol. The van der Waals surface area contributed by atoms with Crippen LogP contribution < -0.4 is 0 Å². The molecule has 0 saturated carbocycles. The molecule has 0 spiro atoms. The van der Waals surface area contributed by atoms with Gasteiger partial charge in [-0.1, -0.05) is 23.8 Å². The van der Waals surface area contributed by atoms with Crippen molar-refractivity contribution in [3.63, 3.8) is 0 Å². The van der Waals surface area contributed by atoms with Crippen LogP contribution in [0.3, 0.4) is 0 Å². The lowest BCUT2D eigenvalue weighted by molar-refractivity contribution is -0.146. The minimum atomic E-state index is -0.311. The number of hydrogen-bond acceptors (Lipinski definition) is 6. The summed E-state index contributed by atoms with van der Waals surface area (Å²) in [4.78, 5) is 23.7. The van der Waals surface area contributed by atoms with Gasteiger partial charge in [0.25, 0.3) is 0 Å². The van der Waals surface area contributed by atoms with Crippen LogP contribution >= 0.6 is 23.2 Å². The van der Waals surface area contributed by atoms with Gasteiger partial charge >= 0.3 is 5.97 Å². The van der Waals surface area contributed by atoms with E-state index in [0.29, 0.717) is 11.2 Å². The number of ether oxygens (including phenoxy) is 2. The van der Waals surface area contributed by atoms with Crippen molar-refractivity contribution < 1.29 is 14.3 Å². The van der Waals surface area contributed by atoms with Crippen molar-refractivity contribution in [2.45, 2.75) is 32.1 Å². The molecule has 1 fully saturated rings. The zero-order valence-corrected chi connectivity index (χ0v) is 14.9. The predicted molar refractivity (Wildman–Crippen MR) is 91.2 cm³/mol. The summed E-state index contributed by atoms with van der Waals surface area (Å²) < 4.78 is 13.3. The molecule has 0 amide bonds. The summed E-state index contributed by atoms with van der Waals surface area (Å²) in [5.74, 6) is 0.185. The summed E-state index contributed by atoms with van der Waals surface area (Å²) in [6.45, 7) is 1.64. The summed E-state index contributed by atoms with van der Waals surface area (Å²) in [6, 6.07) is 0. The van der Waals surface area contributed by atoms with Crippen LogP contribution in [0.4, 0.5) is 0 Å². The number of nitrogens with zero attached hydrogens (tertiary/aromatic N) is 4. The van der Waals surface area contributed by atoms with Gasteiger partial charge in [0.05, 0.1) is 12.4 Å². The summed E-state index contributed by atoms with van der Waals surface area (Å²) in [5, 5.41) is 0.275. The Labute approximate surface area is 153 Å². The number of fused-ring (bicyclic) bond motifs is 2. The zero-order chi connectivity index (χ0) is 17.6. The van der Waals surface area contributed by atoms with Gasteiger partial charge in [-0.3, -0.25) is 9.36 Å². The van der Waals surface area contributed by atoms with E-state index in [1.807, 2.05) is 4.57 Å². The number of halogens is 2. The third-order valence-corrected chi connectivity index (χ3v) is 5.20. The number of carbonyl (C=O) groups excluding carboxylic acids is 1. The molecule has 0 aromatic carbocycles. The quantitative estimate of drug-likeness (QED) is 0.351. The minimum Gasteiger partial charge on any atom is -0.463 e. The molecule has 0 bridgehead atoms. The fourth-order valence-electron chi connectivity index (χ4n) is 3.67. The van der Waals surface area contributed by atoms with E-state index in [4.69, 9.17) is 32.7 Å². The number of rotatable bonds is 3. The molecule has 2 aliphatic rings. The molecule has 0 radical (unpaired) electrons. The topological polar surface area (TPSA) is 79.1 Å². The smallest absolute Gasteiger partial charge is 0.302 e. The Morgan fingerprint density at radius 2 is 2.08 bits per heavy atom. The van der Waals surface area contributed by atoms with E-state index in [1.165, 1.54) is 6.92 Å². The lowest BCUT2D eigenvalue weighted by Crippen LogP contribution is -2.27. The first-order valence-corrected chi connectivity index (χ1v) is 8.79. The van der Waals surface area contributed by atoms with E-state index in [2.05, 4.69) is 27.1 Å². The fraction of sp³-hybridized carbons (Fsp3) is 0.500. The highest BCUT2D eigenvalue weighted by molar-refractivity contribution is 6.35. The summed E-state index contributed by atoms with van der Waals surface area (Å²) in [5.41, 5.74) is 1.03. The number of imidazole rings is 1. The highest BCUT2D eigenvalue weighted by Gasteiger charge is 2.46. The van der Waals surface area contributed by atoms with Crippen LogP contribution in [0.2, 0.25) is 10.4 Å². The first kappa shape index (κ1) is 16.8. The number of allylic oxidation sites excluding steroid dienone is 2. The second-order valence-corrected chi connectivity index (χ2v) is 6.94. The minimum absolute atomic E-state index is 0.0637. The maximum absolute atomic E-state index is 11.2. The third kappa shape index (κ3) is 3.01. The molecule has 4 atom stereocenters. The standard InChI is InChI=1S/C16H16Cl2N4O3/c1-8(23)24-6-11-9-4-2-3-5-10(9)15(25-11)22-7-19-12-13(17)20-16(18)21-14(12)22/h2-3,7,9-11,15H,4-6H2,1H3/t9-,10+,11+,15?/m0/s1. The highest BCUT2D eigenvalue weighted by Crippen LogP contribution is 2.46. The predicted octanol–water partition coefficient (Wildman–Crippen LogP) is 3.18. The van der Waals surface area contributed by atoms with Gasteiger partial charge in [0, 0.05) is 12.8 Å². The second kappa shape index (κ2) is 6.55. The number of esters is 1. The van der Waals surface area contributed by atoms with Crippen LogP contribution in [0.5, 0.6) is 0 Å². The summed E-state index contributed by atoms with van der Waals surface area (Å²) >= 11 is 12.1. The van der Waals surface area contributed by atoms with E-state index in [9.17, 15) is 4.79 Å². The lowest BCUT2D eigenvalue weighted by atomic mass is 9.81. The van der Waals surface area contributed by atoms with Gasteiger partial charge in [-0.05, 0) is 30.4 Å². The van der Waals surface area contributed by atoms with Gasteiger partial charge in [-0.2, -0.15) is 4.98 Å². The molecule has 2 aromatic rings. The number of carbonyl (C=O) groups is 1. The van der Waals surface area contributed by atoms with E-state index >= 15 is 0 Å². The SMILES string of the molecule is CC(=O)OC[C@H]1OC(n2cnc3c(Cl)nc(Cl)nc32)[C@@H]2CC=CC[C@H]12. The largest absolute Gasteiger partial charge is 0.463 e. The van der Waals surface area contributed by atoms with Gasteiger partial charge in [-0.25, -0.2) is 9.97 Å². The molecule has 1 unspecified atom stereocenters. The molecular formula is C16H16Cl2N4O3. The van der Waals surface area contributed by atoms with E-state index < -0.39 is 0 Å². The van der Waals surface area contributed by atoms with Crippen LogP contribution in [0.1, 0.15) is 26.0 Å². The second-order valence-electron chi connectivity index (χ2n) is 6.25. The average Bonchev–Trinajstić information content (AvgIpc) is 3.14. The van der Waals surface area contributed by atoms with E-state index in [0.717, 1.165) is 12.8 Å². The normalized spacial score (nSPS) is 28.3. The maximum Gasteiger partial charge on any atom is 0.302 e. The van der Waals surface area contributed by atoms with Crippen LogP contribution in [-0.2, 0) is 14.3 Å². The van der Waals surface area contributed by atoms with Crippen LogP contribution in [0, 0.1) is 11.8 Å². The zero-order valence-electron chi connectivity index (χ0n) is 13.4. The lowest BCUT2D eigenvalue weighted by Gasteiger charge is -2.25. The third-order valence-electron chi connectivity index (χ3n) is 4.77. The Morgan fingerprint density at radius 1 is 1.32 bits per heavy atom. The molecule has 25 heavy (non-hydrogen) atoms. The van der Waals surface area contributed by atoms with Gasteiger partial charge in [-0.15, -0.1) is 0 Å². The molecule has 1 aliphatic heterocycles. The van der Waals surface area contributed by atoms with Gasteiger partial charge < -0.3 is 9.47 Å². The molecule has 9 heteroatoms. The van der Waals surface area contributed by atoms with Crippen LogP contribution in [-0.4, -0.2) is 38.2 Å². The van der Waals surface area contributed by atoms with Gasteiger partial charge in [0.2, 0.25) is 5.28 Å². The fourth-order valence-corrected chi connectivity index (χ4v) is 4.09. The Bertz CT molecular complexity index is 853. The Balaban J connectivity index is 1.70. The maximum atomic E-state index is 11.2. The molecule has 1 saturated heterocycles. The van der Waals surface area contributed by atoms with Crippen molar-refractivity contribution >= 4 is 40.3 Å². The molecule has 1 aliphatic carbocycles. The molecule has 132 valence electrons. The Morgan fingerprint density at radius 3 is 2.84 bits per heavy atom. The van der Waals surface area contributed by atoms with Gasteiger partial charge in [0.15, 0.2) is 10.8 Å². The monoisotopic (exact) mass is 382 g/mol. The number of hydrogen-bond donors (Lipinski definition) is 0. The van der Waals surface area contributed by atoms with Crippen molar-refractivity contribution in [2.75, 3.05) is 6.61 Å². The Hall–Kier alpha value is -1.70. The molecule has 4 rings (SSSR count). The summed E-state index contributed by atoms with van der Waals surface area (Å²) in [7, 11) is 0.